The molecule has 2 heteroatoms. The molecule has 0 aliphatic carbocycles. The molecule has 0 aromatic carbocycles. The Kier molecular flexibility index (Phi) is 5.64. The SMILES string of the molecule is C=C(CCC)C(CC)O[SiH3]. The highest BCUT2D eigenvalue weighted by atomic mass is 28.2. The normalized spacial score (nSPS) is 13.4. The van der Waals surface area contributed by atoms with Crippen LogP contribution in [0.15, 0.2) is 12.2 Å². The summed E-state index contributed by atoms with van der Waals surface area (Å²) in [5, 5.41) is 0. The summed E-state index contributed by atoms with van der Waals surface area (Å²) < 4.78 is 5.35. The number of hydrogen-bond acceptors (Lipinski definition) is 1. The van der Waals surface area contributed by atoms with Crippen LogP contribution in [0.3, 0.4) is 0 Å². The van der Waals surface area contributed by atoms with E-state index in [9.17, 15) is 0 Å². The largest absolute Gasteiger partial charge is 0.421 e. The fourth-order valence-electron chi connectivity index (χ4n) is 1.10. The van der Waals surface area contributed by atoms with Gasteiger partial charge in [-0.05, 0) is 12.8 Å². The molecule has 0 fully saturated rings. The van der Waals surface area contributed by atoms with Crippen molar-refractivity contribution in [3.05, 3.63) is 12.2 Å². The predicted molar refractivity (Wildman–Crippen MR) is 49.2 cm³/mol. The predicted octanol–water partition coefficient (Wildman–Crippen LogP) is 1.42. The van der Waals surface area contributed by atoms with Crippen molar-refractivity contribution in [2.45, 2.75) is 39.2 Å². The zero-order valence-corrected chi connectivity index (χ0v) is 9.31. The Morgan fingerprint density at radius 2 is 2.20 bits per heavy atom. The van der Waals surface area contributed by atoms with E-state index >= 15 is 0 Å². The highest BCUT2D eigenvalue weighted by molar-refractivity contribution is 5.98. The third kappa shape index (κ3) is 3.18. The second-order valence-corrected chi connectivity index (χ2v) is 3.01. The Labute approximate surface area is 67.0 Å². The van der Waals surface area contributed by atoms with Crippen molar-refractivity contribution >= 4 is 10.5 Å². The molecule has 0 saturated carbocycles. The fraction of sp³-hybridized carbons (Fsp3) is 0.750. The molecule has 1 unspecified atom stereocenters. The van der Waals surface area contributed by atoms with E-state index in [0.29, 0.717) is 6.10 Å². The first-order valence-corrected chi connectivity index (χ1v) is 4.78. The molecule has 0 spiro atoms. The Balaban J connectivity index is 3.65. The van der Waals surface area contributed by atoms with Gasteiger partial charge in [0.25, 0.3) is 0 Å². The standard InChI is InChI=1S/C8H18OSi/c1-4-6-7(3)8(5-2)9-10/h8H,3-6H2,1-2,10H3. The molecular weight excluding hydrogens is 140 g/mol. The van der Waals surface area contributed by atoms with E-state index in [1.807, 2.05) is 0 Å². The van der Waals surface area contributed by atoms with E-state index in [2.05, 4.69) is 20.4 Å². The van der Waals surface area contributed by atoms with Gasteiger partial charge in [0.2, 0.25) is 0 Å². The molecule has 0 amide bonds. The van der Waals surface area contributed by atoms with Crippen molar-refractivity contribution in [2.75, 3.05) is 0 Å². The van der Waals surface area contributed by atoms with Crippen molar-refractivity contribution < 1.29 is 4.43 Å². The molecule has 0 saturated heterocycles. The van der Waals surface area contributed by atoms with Gasteiger partial charge in [0.1, 0.15) is 10.5 Å². The van der Waals surface area contributed by atoms with Crippen LogP contribution in [-0.4, -0.2) is 16.6 Å². The van der Waals surface area contributed by atoms with Crippen molar-refractivity contribution in [3.63, 3.8) is 0 Å². The molecule has 0 aliphatic heterocycles. The molecule has 10 heavy (non-hydrogen) atoms. The summed E-state index contributed by atoms with van der Waals surface area (Å²) >= 11 is 0. The Morgan fingerprint density at radius 3 is 2.50 bits per heavy atom. The highest BCUT2D eigenvalue weighted by Gasteiger charge is 2.05. The van der Waals surface area contributed by atoms with Crippen LogP contribution in [-0.2, 0) is 4.43 Å². The highest BCUT2D eigenvalue weighted by Crippen LogP contribution is 2.12. The minimum Gasteiger partial charge on any atom is -0.421 e. The van der Waals surface area contributed by atoms with Gasteiger partial charge in [-0.25, -0.2) is 0 Å². The minimum absolute atomic E-state index is 0.339. The van der Waals surface area contributed by atoms with E-state index in [1.165, 1.54) is 12.0 Å². The summed E-state index contributed by atoms with van der Waals surface area (Å²) in [6, 6.07) is 0. The summed E-state index contributed by atoms with van der Waals surface area (Å²) in [6.07, 6.45) is 3.70. The number of hydrogen-bond donors (Lipinski definition) is 0. The lowest BCUT2D eigenvalue weighted by atomic mass is 10.1. The topological polar surface area (TPSA) is 9.23 Å². The minimum atomic E-state index is 0.339. The van der Waals surface area contributed by atoms with Crippen molar-refractivity contribution in [1.82, 2.24) is 0 Å². The van der Waals surface area contributed by atoms with Crippen molar-refractivity contribution in [3.8, 4) is 0 Å². The van der Waals surface area contributed by atoms with Crippen LogP contribution >= 0.6 is 0 Å². The van der Waals surface area contributed by atoms with Gasteiger partial charge in [0.15, 0.2) is 0 Å². The van der Waals surface area contributed by atoms with Crippen molar-refractivity contribution in [1.29, 1.82) is 0 Å². The van der Waals surface area contributed by atoms with Crippen molar-refractivity contribution in [2.24, 2.45) is 0 Å². The molecule has 0 rings (SSSR count). The summed E-state index contributed by atoms with van der Waals surface area (Å²) in [5.74, 6) is 0. The lowest BCUT2D eigenvalue weighted by Crippen LogP contribution is -2.12. The lowest BCUT2D eigenvalue weighted by Gasteiger charge is -2.15. The summed E-state index contributed by atoms with van der Waals surface area (Å²) in [6.45, 7) is 8.30. The van der Waals surface area contributed by atoms with Gasteiger partial charge in [0.05, 0.1) is 6.10 Å². The summed E-state index contributed by atoms with van der Waals surface area (Å²) in [7, 11) is 0.826. The van der Waals surface area contributed by atoms with E-state index in [4.69, 9.17) is 4.43 Å². The van der Waals surface area contributed by atoms with Crippen LogP contribution < -0.4 is 0 Å². The molecule has 0 bridgehead atoms. The van der Waals surface area contributed by atoms with Crippen LogP contribution in [0.4, 0.5) is 0 Å². The maximum atomic E-state index is 5.35. The van der Waals surface area contributed by atoms with E-state index in [-0.39, 0.29) is 0 Å². The van der Waals surface area contributed by atoms with E-state index in [0.717, 1.165) is 23.3 Å². The first kappa shape index (κ1) is 9.92. The van der Waals surface area contributed by atoms with Gasteiger partial charge in [-0.1, -0.05) is 32.4 Å². The smallest absolute Gasteiger partial charge is 0.146 e. The maximum Gasteiger partial charge on any atom is 0.146 e. The molecular formula is C8H18OSi. The second kappa shape index (κ2) is 5.68. The molecule has 0 radical (unpaired) electrons. The Hall–Kier alpha value is -0.0831. The molecule has 1 atom stereocenters. The van der Waals surface area contributed by atoms with Crippen LogP contribution in [0.25, 0.3) is 0 Å². The number of rotatable bonds is 5. The monoisotopic (exact) mass is 158 g/mol. The van der Waals surface area contributed by atoms with Gasteiger partial charge in [-0.3, -0.25) is 0 Å². The fourth-order valence-corrected chi connectivity index (χ4v) is 1.77. The summed E-state index contributed by atoms with van der Waals surface area (Å²) in [5.41, 5.74) is 1.26. The molecule has 1 nitrogen and oxygen atoms in total. The molecule has 60 valence electrons. The second-order valence-electron chi connectivity index (χ2n) is 2.54. The van der Waals surface area contributed by atoms with Crippen LogP contribution in [0.2, 0.25) is 0 Å². The molecule has 0 aromatic rings. The Morgan fingerprint density at radius 1 is 1.60 bits per heavy atom. The average molecular weight is 158 g/mol. The van der Waals surface area contributed by atoms with Crippen LogP contribution in [0.5, 0.6) is 0 Å². The van der Waals surface area contributed by atoms with Crippen LogP contribution in [0, 0.1) is 0 Å². The summed E-state index contributed by atoms with van der Waals surface area (Å²) in [4.78, 5) is 0. The Bertz CT molecular complexity index is 97.4. The van der Waals surface area contributed by atoms with Gasteiger partial charge in [-0.2, -0.15) is 0 Å². The van der Waals surface area contributed by atoms with Crippen LogP contribution in [0.1, 0.15) is 33.1 Å². The molecule has 0 N–H and O–H groups in total. The van der Waals surface area contributed by atoms with Gasteiger partial charge in [-0.15, -0.1) is 0 Å². The zero-order chi connectivity index (χ0) is 7.98. The van der Waals surface area contributed by atoms with Gasteiger partial charge >= 0.3 is 0 Å². The molecule has 0 heterocycles. The third-order valence-electron chi connectivity index (χ3n) is 1.68. The first-order chi connectivity index (χ1) is 4.76. The average Bonchev–Trinajstić information content (AvgIpc) is 1.91. The van der Waals surface area contributed by atoms with E-state index in [1.54, 1.807) is 0 Å². The lowest BCUT2D eigenvalue weighted by molar-refractivity contribution is 0.251. The quantitative estimate of drug-likeness (QED) is 0.434. The zero-order valence-electron chi connectivity index (χ0n) is 7.31. The van der Waals surface area contributed by atoms with E-state index < -0.39 is 0 Å². The molecule has 0 aromatic heterocycles. The maximum absolute atomic E-state index is 5.35. The van der Waals surface area contributed by atoms with Gasteiger partial charge in [0, 0.05) is 0 Å². The third-order valence-corrected chi connectivity index (χ3v) is 2.25. The molecule has 0 aliphatic rings. The first-order valence-electron chi connectivity index (χ1n) is 3.96. The van der Waals surface area contributed by atoms with Gasteiger partial charge < -0.3 is 4.43 Å².